The molecule has 0 aromatic rings. The summed E-state index contributed by atoms with van der Waals surface area (Å²) in [6, 6.07) is 0.734. The van der Waals surface area contributed by atoms with E-state index < -0.39 is 0 Å². The van der Waals surface area contributed by atoms with Gasteiger partial charge in [0.2, 0.25) is 5.96 Å². The first-order valence-corrected chi connectivity index (χ1v) is 8.34. The van der Waals surface area contributed by atoms with Gasteiger partial charge in [0.25, 0.3) is 0 Å². The van der Waals surface area contributed by atoms with Gasteiger partial charge in [-0.15, -0.1) is 0 Å². The maximum atomic E-state index is 5.48. The van der Waals surface area contributed by atoms with Crippen molar-refractivity contribution in [2.24, 2.45) is 10.8 Å². The van der Waals surface area contributed by atoms with Gasteiger partial charge in [-0.25, -0.2) is 5.84 Å². The minimum atomic E-state index is 0.679. The van der Waals surface area contributed by atoms with Crippen molar-refractivity contribution in [3.8, 4) is 0 Å². The van der Waals surface area contributed by atoms with Crippen LogP contribution in [-0.2, 0) is 4.74 Å². The highest BCUT2D eigenvalue weighted by atomic mass is 16.5. The Morgan fingerprint density at radius 1 is 1.38 bits per heavy atom. The summed E-state index contributed by atoms with van der Waals surface area (Å²) in [5.41, 5.74) is 2.62. The molecular weight excluding hydrogens is 266 g/mol. The Balaban J connectivity index is 2.09. The van der Waals surface area contributed by atoms with Gasteiger partial charge < -0.3 is 15.0 Å². The molecular formula is C15H33N5O. The van der Waals surface area contributed by atoms with E-state index in [1.54, 1.807) is 0 Å². The molecule has 0 aromatic heterocycles. The molecule has 0 spiro atoms. The van der Waals surface area contributed by atoms with Crippen LogP contribution in [0.5, 0.6) is 0 Å². The van der Waals surface area contributed by atoms with Gasteiger partial charge in [0.15, 0.2) is 0 Å². The number of hydrogen-bond donors (Lipinski definition) is 3. The van der Waals surface area contributed by atoms with Gasteiger partial charge in [-0.3, -0.25) is 10.4 Å². The van der Waals surface area contributed by atoms with Gasteiger partial charge in [-0.05, 0) is 46.1 Å². The zero-order chi connectivity index (χ0) is 15.3. The highest BCUT2D eigenvalue weighted by Gasteiger charge is 2.16. The predicted octanol–water partition coefficient (Wildman–Crippen LogP) is 1.09. The normalized spacial score (nSPS) is 20.5. The van der Waals surface area contributed by atoms with Crippen molar-refractivity contribution >= 4 is 5.96 Å². The van der Waals surface area contributed by atoms with Crippen molar-refractivity contribution in [2.75, 3.05) is 39.4 Å². The van der Waals surface area contributed by atoms with E-state index in [0.29, 0.717) is 5.96 Å². The third-order valence-corrected chi connectivity index (χ3v) is 3.91. The predicted molar refractivity (Wildman–Crippen MR) is 88.2 cm³/mol. The Morgan fingerprint density at radius 2 is 2.24 bits per heavy atom. The van der Waals surface area contributed by atoms with Crippen LogP contribution in [0.1, 0.15) is 46.0 Å². The monoisotopic (exact) mass is 299 g/mol. The van der Waals surface area contributed by atoms with E-state index in [2.05, 4.69) is 27.6 Å². The number of rotatable bonds is 9. The van der Waals surface area contributed by atoms with E-state index in [1.807, 2.05) is 6.92 Å². The summed E-state index contributed by atoms with van der Waals surface area (Å²) < 4.78 is 5.28. The zero-order valence-electron chi connectivity index (χ0n) is 13.7. The van der Waals surface area contributed by atoms with Crippen LogP contribution >= 0.6 is 0 Å². The van der Waals surface area contributed by atoms with Crippen LogP contribution in [-0.4, -0.2) is 56.3 Å². The molecule has 4 N–H and O–H groups in total. The molecule has 1 fully saturated rings. The third kappa shape index (κ3) is 8.24. The molecule has 0 bridgehead atoms. The highest BCUT2D eigenvalue weighted by molar-refractivity contribution is 5.79. The van der Waals surface area contributed by atoms with E-state index >= 15 is 0 Å². The summed E-state index contributed by atoms with van der Waals surface area (Å²) in [6.45, 7) is 9.88. The number of ether oxygens (including phenoxy) is 1. The fourth-order valence-corrected chi connectivity index (χ4v) is 2.63. The molecule has 1 unspecified atom stereocenters. The lowest BCUT2D eigenvalue weighted by Gasteiger charge is -2.33. The first-order chi connectivity index (χ1) is 10.3. The first-order valence-electron chi connectivity index (χ1n) is 8.34. The van der Waals surface area contributed by atoms with E-state index in [1.165, 1.54) is 25.8 Å². The summed E-state index contributed by atoms with van der Waals surface area (Å²) in [7, 11) is 0. The first kappa shape index (κ1) is 18.2. The number of nitrogens with two attached hydrogens (primary N) is 1. The van der Waals surface area contributed by atoms with Crippen LogP contribution in [0, 0.1) is 0 Å². The molecule has 1 aliphatic heterocycles. The number of nitrogens with one attached hydrogen (secondary N) is 2. The Morgan fingerprint density at radius 3 is 2.95 bits per heavy atom. The summed E-state index contributed by atoms with van der Waals surface area (Å²) in [5.74, 6) is 6.15. The molecule has 1 saturated heterocycles. The lowest BCUT2D eigenvalue weighted by Crippen LogP contribution is -2.43. The third-order valence-electron chi connectivity index (χ3n) is 3.91. The number of hydrazine groups is 1. The Labute approximate surface area is 129 Å². The fraction of sp³-hybridized carbons (Fsp3) is 0.933. The van der Waals surface area contributed by atoms with E-state index in [9.17, 15) is 0 Å². The number of piperidine rings is 1. The zero-order valence-corrected chi connectivity index (χ0v) is 13.7. The number of likely N-dealkylation sites (tertiary alicyclic amines) is 1. The molecule has 1 aliphatic rings. The maximum absolute atomic E-state index is 5.48. The van der Waals surface area contributed by atoms with Crippen LogP contribution in [0.4, 0.5) is 0 Å². The van der Waals surface area contributed by atoms with E-state index in [0.717, 1.165) is 51.7 Å². The number of nitrogens with zero attached hydrogens (tertiary/aromatic N) is 2. The van der Waals surface area contributed by atoms with Crippen LogP contribution in [0.25, 0.3) is 0 Å². The highest BCUT2D eigenvalue weighted by Crippen LogP contribution is 2.15. The molecule has 124 valence electrons. The molecule has 0 amide bonds. The number of guanidine groups is 1. The minimum Gasteiger partial charge on any atom is -0.382 e. The summed E-state index contributed by atoms with van der Waals surface area (Å²) in [5, 5.41) is 3.26. The molecule has 1 rings (SSSR count). The lowest BCUT2D eigenvalue weighted by molar-refractivity contribution is 0.146. The molecule has 6 nitrogen and oxygen atoms in total. The van der Waals surface area contributed by atoms with Crippen LogP contribution in [0.15, 0.2) is 4.99 Å². The Kier molecular flexibility index (Phi) is 10.2. The van der Waals surface area contributed by atoms with Gasteiger partial charge >= 0.3 is 0 Å². The molecule has 0 aliphatic carbocycles. The molecule has 1 heterocycles. The Bertz CT molecular complexity index is 285. The van der Waals surface area contributed by atoms with Crippen molar-refractivity contribution in [1.29, 1.82) is 0 Å². The van der Waals surface area contributed by atoms with E-state index in [-0.39, 0.29) is 0 Å². The second-order valence-corrected chi connectivity index (χ2v) is 5.59. The fourth-order valence-electron chi connectivity index (χ4n) is 2.63. The van der Waals surface area contributed by atoms with Gasteiger partial charge in [0.05, 0.1) is 0 Å². The van der Waals surface area contributed by atoms with E-state index in [4.69, 9.17) is 10.6 Å². The Hall–Kier alpha value is -0.850. The second kappa shape index (κ2) is 11.8. The topological polar surface area (TPSA) is 74.9 Å². The quantitative estimate of drug-likeness (QED) is 0.195. The van der Waals surface area contributed by atoms with Crippen molar-refractivity contribution in [2.45, 2.75) is 52.0 Å². The van der Waals surface area contributed by atoms with Gasteiger partial charge in [-0.1, -0.05) is 6.42 Å². The summed E-state index contributed by atoms with van der Waals surface area (Å²) >= 11 is 0. The number of aliphatic imine (C=N–C) groups is 1. The van der Waals surface area contributed by atoms with Crippen molar-refractivity contribution in [3.05, 3.63) is 0 Å². The number of hydrogen-bond acceptors (Lipinski definition) is 4. The minimum absolute atomic E-state index is 0.679. The van der Waals surface area contributed by atoms with Crippen LogP contribution < -0.4 is 16.6 Å². The SMILES string of the molecule is CCOCCCN=C(NN)NCCCN1CCCCC1C. The van der Waals surface area contributed by atoms with Crippen molar-refractivity contribution in [3.63, 3.8) is 0 Å². The smallest absolute Gasteiger partial charge is 0.205 e. The van der Waals surface area contributed by atoms with Gasteiger partial charge in [0, 0.05) is 38.9 Å². The molecule has 6 heteroatoms. The van der Waals surface area contributed by atoms with Crippen LogP contribution in [0.2, 0.25) is 0 Å². The summed E-state index contributed by atoms with van der Waals surface area (Å²) in [4.78, 5) is 6.97. The molecule has 0 saturated carbocycles. The molecule has 0 radical (unpaired) electrons. The summed E-state index contributed by atoms with van der Waals surface area (Å²) in [6.07, 6.45) is 6.10. The lowest BCUT2D eigenvalue weighted by atomic mass is 10.0. The molecule has 21 heavy (non-hydrogen) atoms. The largest absolute Gasteiger partial charge is 0.382 e. The van der Waals surface area contributed by atoms with Crippen molar-refractivity contribution in [1.82, 2.24) is 15.6 Å². The second-order valence-electron chi connectivity index (χ2n) is 5.59. The average molecular weight is 299 g/mol. The average Bonchev–Trinajstić information content (AvgIpc) is 2.50. The molecule has 1 atom stereocenters. The van der Waals surface area contributed by atoms with Crippen molar-refractivity contribution < 1.29 is 4.74 Å². The maximum Gasteiger partial charge on any atom is 0.205 e. The van der Waals surface area contributed by atoms with Crippen LogP contribution in [0.3, 0.4) is 0 Å². The van der Waals surface area contributed by atoms with Gasteiger partial charge in [0.1, 0.15) is 0 Å². The van der Waals surface area contributed by atoms with Gasteiger partial charge in [-0.2, -0.15) is 0 Å². The molecule has 0 aromatic carbocycles. The standard InChI is InChI=1S/C15H33N5O/c1-3-21-13-7-10-18-15(19-16)17-9-6-12-20-11-5-4-8-14(20)2/h14H,3-13,16H2,1-2H3,(H2,17,18,19).